The molecular formula is C13H14BrN5O. The van der Waals surface area contributed by atoms with Gasteiger partial charge in [-0.3, -0.25) is 4.79 Å². The molecule has 0 atom stereocenters. The minimum absolute atomic E-state index is 0.130. The van der Waals surface area contributed by atoms with E-state index in [9.17, 15) is 4.79 Å². The molecule has 3 rings (SSSR count). The lowest BCUT2D eigenvalue weighted by molar-refractivity contribution is 0.0447. The van der Waals surface area contributed by atoms with E-state index in [4.69, 9.17) is 5.73 Å². The van der Waals surface area contributed by atoms with E-state index in [2.05, 4.69) is 26.2 Å². The normalized spacial score (nSPS) is 16.9. The van der Waals surface area contributed by atoms with Crippen molar-refractivity contribution < 1.29 is 4.79 Å². The second-order valence-corrected chi connectivity index (χ2v) is 6.26. The van der Waals surface area contributed by atoms with Crippen molar-refractivity contribution in [3.05, 3.63) is 40.6 Å². The second kappa shape index (κ2) is 4.68. The van der Waals surface area contributed by atoms with Crippen LogP contribution in [0.3, 0.4) is 0 Å². The van der Waals surface area contributed by atoms with E-state index in [-0.39, 0.29) is 11.4 Å². The summed E-state index contributed by atoms with van der Waals surface area (Å²) in [5, 5.41) is 7.93. The first kappa shape index (κ1) is 13.3. The summed E-state index contributed by atoms with van der Waals surface area (Å²) in [5.41, 5.74) is 6.80. The highest BCUT2D eigenvalue weighted by Gasteiger charge is 2.38. The van der Waals surface area contributed by atoms with Gasteiger partial charge >= 0.3 is 0 Å². The highest BCUT2D eigenvalue weighted by atomic mass is 79.9. The molecule has 1 aromatic heterocycles. The summed E-state index contributed by atoms with van der Waals surface area (Å²) >= 11 is 3.40. The standard InChI is InChI=1S/C13H14BrN5O/c1-13(15)7-18(8-13)12(20)11-6-19(17-16-11)10-4-2-3-9(14)5-10/h2-6H,7-8,15H2,1H3. The summed E-state index contributed by atoms with van der Waals surface area (Å²) in [6.07, 6.45) is 1.64. The Morgan fingerprint density at radius 2 is 2.20 bits per heavy atom. The number of rotatable bonds is 2. The fourth-order valence-corrected chi connectivity index (χ4v) is 2.63. The van der Waals surface area contributed by atoms with E-state index in [1.54, 1.807) is 15.8 Å². The zero-order valence-electron chi connectivity index (χ0n) is 11.0. The van der Waals surface area contributed by atoms with Crippen LogP contribution in [0.1, 0.15) is 17.4 Å². The Kier molecular flexibility index (Phi) is 3.10. The topological polar surface area (TPSA) is 77.0 Å². The van der Waals surface area contributed by atoms with E-state index in [1.807, 2.05) is 31.2 Å². The van der Waals surface area contributed by atoms with Crippen molar-refractivity contribution in [1.29, 1.82) is 0 Å². The number of hydrogen-bond acceptors (Lipinski definition) is 4. The largest absolute Gasteiger partial charge is 0.333 e. The van der Waals surface area contributed by atoms with Crippen LogP contribution in [0.15, 0.2) is 34.9 Å². The van der Waals surface area contributed by atoms with Crippen LogP contribution in [-0.2, 0) is 0 Å². The molecule has 2 N–H and O–H groups in total. The smallest absolute Gasteiger partial charge is 0.276 e. The Morgan fingerprint density at radius 3 is 2.85 bits per heavy atom. The highest BCUT2D eigenvalue weighted by molar-refractivity contribution is 9.10. The van der Waals surface area contributed by atoms with Crippen molar-refractivity contribution in [3.63, 3.8) is 0 Å². The molecule has 7 heteroatoms. The predicted molar refractivity (Wildman–Crippen MR) is 77.6 cm³/mol. The summed E-state index contributed by atoms with van der Waals surface area (Å²) in [5.74, 6) is -0.130. The van der Waals surface area contributed by atoms with Crippen molar-refractivity contribution in [3.8, 4) is 5.69 Å². The van der Waals surface area contributed by atoms with Gasteiger partial charge in [0.25, 0.3) is 5.91 Å². The van der Waals surface area contributed by atoms with Gasteiger partial charge in [-0.15, -0.1) is 5.10 Å². The lowest BCUT2D eigenvalue weighted by Crippen LogP contribution is -2.66. The van der Waals surface area contributed by atoms with Gasteiger partial charge in [0.15, 0.2) is 5.69 Å². The van der Waals surface area contributed by atoms with Crippen molar-refractivity contribution in [1.82, 2.24) is 19.9 Å². The van der Waals surface area contributed by atoms with Gasteiger partial charge < -0.3 is 10.6 Å². The molecule has 0 unspecified atom stereocenters. The monoisotopic (exact) mass is 335 g/mol. The lowest BCUT2D eigenvalue weighted by Gasteiger charge is -2.44. The molecule has 1 fully saturated rings. The molecule has 20 heavy (non-hydrogen) atoms. The van der Waals surface area contributed by atoms with Gasteiger partial charge in [0, 0.05) is 23.1 Å². The molecule has 1 aliphatic rings. The fraction of sp³-hybridized carbons (Fsp3) is 0.308. The third-order valence-electron chi connectivity index (χ3n) is 3.18. The molecule has 1 amide bonds. The van der Waals surface area contributed by atoms with Crippen molar-refractivity contribution in [2.24, 2.45) is 5.73 Å². The molecule has 2 aromatic rings. The highest BCUT2D eigenvalue weighted by Crippen LogP contribution is 2.20. The Morgan fingerprint density at radius 1 is 1.45 bits per heavy atom. The van der Waals surface area contributed by atoms with Gasteiger partial charge in [0.05, 0.1) is 11.9 Å². The molecule has 1 aromatic carbocycles. The van der Waals surface area contributed by atoms with Crippen LogP contribution < -0.4 is 5.73 Å². The molecule has 2 heterocycles. The molecule has 0 saturated carbocycles. The van der Waals surface area contributed by atoms with Crippen LogP contribution >= 0.6 is 15.9 Å². The average molecular weight is 336 g/mol. The fourth-order valence-electron chi connectivity index (χ4n) is 2.24. The first-order chi connectivity index (χ1) is 9.44. The minimum atomic E-state index is -0.282. The van der Waals surface area contributed by atoms with Crippen LogP contribution in [0.5, 0.6) is 0 Å². The van der Waals surface area contributed by atoms with Crippen LogP contribution in [0, 0.1) is 0 Å². The van der Waals surface area contributed by atoms with Gasteiger partial charge in [0.2, 0.25) is 0 Å². The minimum Gasteiger partial charge on any atom is -0.333 e. The maximum Gasteiger partial charge on any atom is 0.276 e. The summed E-state index contributed by atoms with van der Waals surface area (Å²) in [6, 6.07) is 7.63. The molecule has 1 aliphatic heterocycles. The van der Waals surface area contributed by atoms with E-state index < -0.39 is 0 Å². The summed E-state index contributed by atoms with van der Waals surface area (Å²) in [6.45, 7) is 3.03. The molecule has 0 spiro atoms. The molecule has 6 nitrogen and oxygen atoms in total. The summed E-state index contributed by atoms with van der Waals surface area (Å²) in [7, 11) is 0. The van der Waals surface area contributed by atoms with Gasteiger partial charge in [0.1, 0.15) is 0 Å². The SMILES string of the molecule is CC1(N)CN(C(=O)c2cn(-c3cccc(Br)c3)nn2)C1. The van der Waals surface area contributed by atoms with E-state index in [0.29, 0.717) is 18.8 Å². The van der Waals surface area contributed by atoms with Crippen molar-refractivity contribution >= 4 is 21.8 Å². The Balaban J connectivity index is 1.79. The zero-order valence-corrected chi connectivity index (χ0v) is 12.5. The number of nitrogens with zero attached hydrogens (tertiary/aromatic N) is 4. The number of halogens is 1. The Hall–Kier alpha value is -1.73. The van der Waals surface area contributed by atoms with Crippen LogP contribution in [0.25, 0.3) is 5.69 Å². The third kappa shape index (κ3) is 2.46. The molecule has 0 radical (unpaired) electrons. The molecular weight excluding hydrogens is 322 g/mol. The van der Waals surface area contributed by atoms with Gasteiger partial charge in [-0.1, -0.05) is 27.2 Å². The van der Waals surface area contributed by atoms with Crippen LogP contribution in [-0.4, -0.2) is 44.4 Å². The van der Waals surface area contributed by atoms with Crippen LogP contribution in [0.2, 0.25) is 0 Å². The van der Waals surface area contributed by atoms with E-state index >= 15 is 0 Å². The maximum absolute atomic E-state index is 12.2. The van der Waals surface area contributed by atoms with E-state index in [1.165, 1.54) is 0 Å². The lowest BCUT2D eigenvalue weighted by atomic mass is 9.93. The van der Waals surface area contributed by atoms with Gasteiger partial charge in [-0.25, -0.2) is 4.68 Å². The molecule has 0 bridgehead atoms. The number of carbonyl (C=O) groups is 1. The first-order valence-electron chi connectivity index (χ1n) is 6.21. The molecule has 0 aliphatic carbocycles. The van der Waals surface area contributed by atoms with E-state index in [0.717, 1.165) is 10.2 Å². The third-order valence-corrected chi connectivity index (χ3v) is 3.67. The quantitative estimate of drug-likeness (QED) is 0.894. The number of benzene rings is 1. The summed E-state index contributed by atoms with van der Waals surface area (Å²) in [4.78, 5) is 13.8. The Bertz CT molecular complexity index is 658. The number of nitrogens with two attached hydrogens (primary N) is 1. The number of carbonyl (C=O) groups excluding carboxylic acids is 1. The first-order valence-corrected chi connectivity index (χ1v) is 7.00. The number of aromatic nitrogens is 3. The predicted octanol–water partition coefficient (Wildman–Crippen LogP) is 1.20. The van der Waals surface area contributed by atoms with Crippen molar-refractivity contribution in [2.45, 2.75) is 12.5 Å². The number of amides is 1. The van der Waals surface area contributed by atoms with Crippen molar-refractivity contribution in [2.75, 3.05) is 13.1 Å². The van der Waals surface area contributed by atoms with Gasteiger partial charge in [-0.05, 0) is 25.1 Å². The van der Waals surface area contributed by atoms with Gasteiger partial charge in [-0.2, -0.15) is 0 Å². The summed E-state index contributed by atoms with van der Waals surface area (Å²) < 4.78 is 2.53. The molecule has 1 saturated heterocycles. The maximum atomic E-state index is 12.2. The average Bonchev–Trinajstić information content (AvgIpc) is 2.84. The second-order valence-electron chi connectivity index (χ2n) is 5.34. The molecule has 104 valence electrons. The number of likely N-dealkylation sites (tertiary alicyclic amines) is 1. The zero-order chi connectivity index (χ0) is 14.3. The Labute approximate surface area is 124 Å². The van der Waals surface area contributed by atoms with Crippen LogP contribution in [0.4, 0.5) is 0 Å². The number of hydrogen-bond donors (Lipinski definition) is 1.